The summed E-state index contributed by atoms with van der Waals surface area (Å²) < 4.78 is 0. The van der Waals surface area contributed by atoms with Crippen molar-refractivity contribution in [3.8, 4) is 0 Å². The number of benzene rings is 3. The largest absolute Gasteiger partial charge is 0.298 e. The van der Waals surface area contributed by atoms with Gasteiger partial charge in [0.2, 0.25) is 0 Å². The van der Waals surface area contributed by atoms with Crippen molar-refractivity contribution >= 4 is 34.1 Å². The van der Waals surface area contributed by atoms with Crippen molar-refractivity contribution in [1.82, 2.24) is 0 Å². The summed E-state index contributed by atoms with van der Waals surface area (Å²) in [4.78, 5) is 22.5. The van der Waals surface area contributed by atoms with E-state index >= 15 is 0 Å². The molecule has 0 saturated carbocycles. The SMILES string of the molecule is O=Cc1cccc2cc3ccccc3c(C=O)c12. The molecule has 0 aliphatic heterocycles. The minimum Gasteiger partial charge on any atom is -0.298 e. The summed E-state index contributed by atoms with van der Waals surface area (Å²) >= 11 is 0. The number of hydrogen-bond donors (Lipinski definition) is 0. The zero-order chi connectivity index (χ0) is 12.5. The van der Waals surface area contributed by atoms with Crippen LogP contribution in [0.25, 0.3) is 21.5 Å². The molecule has 2 nitrogen and oxygen atoms in total. The van der Waals surface area contributed by atoms with E-state index < -0.39 is 0 Å². The zero-order valence-electron chi connectivity index (χ0n) is 9.59. The van der Waals surface area contributed by atoms with Crippen LogP contribution in [0.4, 0.5) is 0 Å². The number of fused-ring (bicyclic) bond motifs is 2. The van der Waals surface area contributed by atoms with Gasteiger partial charge in [-0.3, -0.25) is 9.59 Å². The first-order valence-corrected chi connectivity index (χ1v) is 5.70. The molecule has 0 amide bonds. The maximum Gasteiger partial charge on any atom is 0.151 e. The molecule has 86 valence electrons. The van der Waals surface area contributed by atoms with Crippen LogP contribution in [0.5, 0.6) is 0 Å². The van der Waals surface area contributed by atoms with Gasteiger partial charge >= 0.3 is 0 Å². The van der Waals surface area contributed by atoms with E-state index in [0.29, 0.717) is 11.1 Å². The Balaban J connectivity index is 2.63. The first-order valence-electron chi connectivity index (χ1n) is 5.70. The van der Waals surface area contributed by atoms with E-state index in [1.54, 1.807) is 6.07 Å². The van der Waals surface area contributed by atoms with Gasteiger partial charge in [-0.1, -0.05) is 42.5 Å². The summed E-state index contributed by atoms with van der Waals surface area (Å²) in [7, 11) is 0. The second-order valence-electron chi connectivity index (χ2n) is 4.19. The van der Waals surface area contributed by atoms with Gasteiger partial charge in [0.1, 0.15) is 0 Å². The highest BCUT2D eigenvalue weighted by atomic mass is 16.1. The molecule has 0 fully saturated rings. The zero-order valence-corrected chi connectivity index (χ0v) is 9.59. The summed E-state index contributed by atoms with van der Waals surface area (Å²) in [6, 6.07) is 15.2. The van der Waals surface area contributed by atoms with Crippen LogP contribution in [-0.2, 0) is 0 Å². The summed E-state index contributed by atoms with van der Waals surface area (Å²) in [5.41, 5.74) is 1.14. The molecular formula is C16H10O2. The summed E-state index contributed by atoms with van der Waals surface area (Å²) in [6.07, 6.45) is 1.63. The molecule has 18 heavy (non-hydrogen) atoms. The Kier molecular flexibility index (Phi) is 2.41. The van der Waals surface area contributed by atoms with E-state index in [1.807, 2.05) is 42.5 Å². The van der Waals surface area contributed by atoms with Gasteiger partial charge in [0.15, 0.2) is 12.6 Å². The Hall–Kier alpha value is -2.48. The van der Waals surface area contributed by atoms with E-state index in [4.69, 9.17) is 0 Å². The van der Waals surface area contributed by atoms with Crippen molar-refractivity contribution in [1.29, 1.82) is 0 Å². The molecule has 3 aromatic rings. The van der Waals surface area contributed by atoms with Crippen LogP contribution in [0.15, 0.2) is 48.5 Å². The molecule has 0 saturated heterocycles. The van der Waals surface area contributed by atoms with Gasteiger partial charge in [-0.2, -0.15) is 0 Å². The molecule has 0 N–H and O–H groups in total. The van der Waals surface area contributed by atoms with Crippen molar-refractivity contribution in [2.45, 2.75) is 0 Å². The number of rotatable bonds is 2. The lowest BCUT2D eigenvalue weighted by molar-refractivity contribution is 0.112. The van der Waals surface area contributed by atoms with Gasteiger partial charge in [0.25, 0.3) is 0 Å². The topological polar surface area (TPSA) is 34.1 Å². The summed E-state index contributed by atoms with van der Waals surface area (Å²) in [6.45, 7) is 0. The molecule has 0 atom stereocenters. The van der Waals surface area contributed by atoms with Crippen LogP contribution in [0.3, 0.4) is 0 Å². The maximum atomic E-state index is 11.4. The van der Waals surface area contributed by atoms with Crippen LogP contribution in [-0.4, -0.2) is 12.6 Å². The fourth-order valence-electron chi connectivity index (χ4n) is 2.41. The molecule has 2 heteroatoms. The van der Waals surface area contributed by atoms with E-state index in [9.17, 15) is 9.59 Å². The van der Waals surface area contributed by atoms with Crippen LogP contribution >= 0.6 is 0 Å². The number of hydrogen-bond acceptors (Lipinski definition) is 2. The molecule has 0 spiro atoms. The maximum absolute atomic E-state index is 11.4. The minimum atomic E-state index is 0.556. The quantitative estimate of drug-likeness (QED) is 0.501. The van der Waals surface area contributed by atoms with Crippen molar-refractivity contribution in [3.05, 3.63) is 59.7 Å². The molecular weight excluding hydrogens is 224 g/mol. The summed E-state index contributed by atoms with van der Waals surface area (Å²) in [5, 5.41) is 3.55. The fourth-order valence-corrected chi connectivity index (χ4v) is 2.41. The third kappa shape index (κ3) is 1.43. The van der Waals surface area contributed by atoms with Gasteiger partial charge in [-0.05, 0) is 22.2 Å². The first-order chi connectivity index (χ1) is 8.85. The molecule has 3 aromatic carbocycles. The average molecular weight is 234 g/mol. The Morgan fingerprint density at radius 3 is 2.33 bits per heavy atom. The molecule has 3 rings (SSSR count). The van der Waals surface area contributed by atoms with Crippen molar-refractivity contribution in [3.63, 3.8) is 0 Å². The minimum absolute atomic E-state index is 0.556. The standard InChI is InChI=1S/C16H10O2/c17-9-13-6-3-5-12-8-11-4-1-2-7-14(11)15(10-18)16(12)13/h1-10H. The number of carbonyl (C=O) groups is 2. The lowest BCUT2D eigenvalue weighted by Crippen LogP contribution is -1.92. The highest BCUT2D eigenvalue weighted by Gasteiger charge is 2.09. The molecule has 0 aliphatic carbocycles. The third-order valence-electron chi connectivity index (χ3n) is 3.21. The highest BCUT2D eigenvalue weighted by Crippen LogP contribution is 2.29. The Bertz CT molecular complexity index is 772. The van der Waals surface area contributed by atoms with Gasteiger partial charge in [-0.15, -0.1) is 0 Å². The summed E-state index contributed by atoms with van der Waals surface area (Å²) in [5.74, 6) is 0. The first kappa shape index (κ1) is 10.7. The van der Waals surface area contributed by atoms with Gasteiger partial charge < -0.3 is 0 Å². The van der Waals surface area contributed by atoms with E-state index in [1.165, 1.54) is 0 Å². The second-order valence-corrected chi connectivity index (χ2v) is 4.19. The fraction of sp³-hybridized carbons (Fsp3) is 0. The van der Waals surface area contributed by atoms with E-state index in [-0.39, 0.29) is 0 Å². The second kappa shape index (κ2) is 4.08. The van der Waals surface area contributed by atoms with Crippen LogP contribution in [0, 0.1) is 0 Å². The molecule has 0 radical (unpaired) electrons. The van der Waals surface area contributed by atoms with Crippen molar-refractivity contribution < 1.29 is 9.59 Å². The smallest absolute Gasteiger partial charge is 0.151 e. The third-order valence-corrected chi connectivity index (χ3v) is 3.21. The predicted molar refractivity (Wildman–Crippen MR) is 72.2 cm³/mol. The molecule has 0 aliphatic rings. The average Bonchev–Trinajstić information content (AvgIpc) is 2.44. The van der Waals surface area contributed by atoms with Gasteiger partial charge in [-0.25, -0.2) is 0 Å². The number of aldehydes is 2. The molecule has 0 bridgehead atoms. The van der Waals surface area contributed by atoms with Crippen LogP contribution < -0.4 is 0 Å². The predicted octanol–water partition coefficient (Wildman–Crippen LogP) is 3.62. The highest BCUT2D eigenvalue weighted by molar-refractivity contribution is 6.16. The van der Waals surface area contributed by atoms with E-state index in [2.05, 4.69) is 0 Å². The van der Waals surface area contributed by atoms with Crippen LogP contribution in [0.2, 0.25) is 0 Å². The Labute approximate surface area is 104 Å². The molecule has 0 aromatic heterocycles. The van der Waals surface area contributed by atoms with Crippen molar-refractivity contribution in [2.75, 3.05) is 0 Å². The molecule has 0 unspecified atom stereocenters. The lowest BCUT2D eigenvalue weighted by atomic mass is 9.94. The molecule has 0 heterocycles. The number of carbonyl (C=O) groups excluding carboxylic acids is 2. The lowest BCUT2D eigenvalue weighted by Gasteiger charge is -2.08. The monoisotopic (exact) mass is 234 g/mol. The van der Waals surface area contributed by atoms with Crippen molar-refractivity contribution in [2.24, 2.45) is 0 Å². The Morgan fingerprint density at radius 2 is 1.56 bits per heavy atom. The normalized spacial score (nSPS) is 10.7. The Morgan fingerprint density at radius 1 is 0.778 bits per heavy atom. The van der Waals surface area contributed by atoms with E-state index in [0.717, 1.165) is 34.1 Å². The van der Waals surface area contributed by atoms with Crippen LogP contribution in [0.1, 0.15) is 20.7 Å². The van der Waals surface area contributed by atoms with Gasteiger partial charge in [0, 0.05) is 16.5 Å². The van der Waals surface area contributed by atoms with Gasteiger partial charge in [0.05, 0.1) is 0 Å².